The maximum absolute atomic E-state index is 11.1. The van der Waals surface area contributed by atoms with Crippen molar-refractivity contribution in [1.29, 1.82) is 0 Å². The minimum Gasteiger partial charge on any atom is -0.387 e. The second-order valence-corrected chi connectivity index (χ2v) is 3.72. The van der Waals surface area contributed by atoms with Crippen LogP contribution in [0.2, 0.25) is 0 Å². The summed E-state index contributed by atoms with van der Waals surface area (Å²) in [5, 5.41) is 15.8. The molecule has 1 atom stereocenters. The van der Waals surface area contributed by atoms with Crippen LogP contribution >= 0.6 is 0 Å². The molecule has 1 aliphatic heterocycles. The molecule has 3 N–H and O–H groups in total. The number of carbonyl (C=O) groups excluding carboxylic acids is 1. The highest BCUT2D eigenvalue weighted by molar-refractivity contribution is 5.87. The van der Waals surface area contributed by atoms with Crippen molar-refractivity contribution in [2.45, 2.75) is 25.4 Å². The van der Waals surface area contributed by atoms with Gasteiger partial charge in [-0.3, -0.25) is 4.79 Å². The van der Waals surface area contributed by atoms with Gasteiger partial charge in [-0.2, -0.15) is 0 Å². The number of carbonyl (C=O) groups is 1. The molecule has 4 nitrogen and oxygen atoms in total. The van der Waals surface area contributed by atoms with Crippen molar-refractivity contribution in [3.05, 3.63) is 12.2 Å². The van der Waals surface area contributed by atoms with Crippen molar-refractivity contribution in [2.24, 2.45) is 0 Å². The van der Waals surface area contributed by atoms with Crippen LogP contribution < -0.4 is 10.6 Å². The third kappa shape index (κ3) is 3.47. The highest BCUT2D eigenvalue weighted by Gasteiger charge is 2.28. The minimum atomic E-state index is -0.768. The van der Waals surface area contributed by atoms with Gasteiger partial charge < -0.3 is 15.7 Å². The summed E-state index contributed by atoms with van der Waals surface area (Å²) >= 11 is 0. The zero-order chi connectivity index (χ0) is 10.4. The summed E-state index contributed by atoms with van der Waals surface area (Å²) in [4.78, 5) is 11.1. The summed E-state index contributed by atoms with van der Waals surface area (Å²) in [5.41, 5.74) is -0.768. The Balaban J connectivity index is 2.31. The van der Waals surface area contributed by atoms with Gasteiger partial charge in [0.25, 0.3) is 0 Å². The van der Waals surface area contributed by atoms with E-state index in [-0.39, 0.29) is 5.91 Å². The topological polar surface area (TPSA) is 61.4 Å². The van der Waals surface area contributed by atoms with Crippen molar-refractivity contribution in [1.82, 2.24) is 10.6 Å². The molecule has 14 heavy (non-hydrogen) atoms. The van der Waals surface area contributed by atoms with Gasteiger partial charge in [0.15, 0.2) is 0 Å². The SMILES string of the molecule is C/C=C/C(=O)NCC1(O)CCCNC1. The van der Waals surface area contributed by atoms with Crippen LogP contribution in [0.15, 0.2) is 12.2 Å². The second-order valence-electron chi connectivity index (χ2n) is 3.72. The summed E-state index contributed by atoms with van der Waals surface area (Å²) < 4.78 is 0. The van der Waals surface area contributed by atoms with Crippen molar-refractivity contribution in [3.8, 4) is 0 Å². The van der Waals surface area contributed by atoms with E-state index < -0.39 is 5.60 Å². The van der Waals surface area contributed by atoms with Gasteiger partial charge in [-0.1, -0.05) is 6.08 Å². The molecule has 1 heterocycles. The quantitative estimate of drug-likeness (QED) is 0.550. The van der Waals surface area contributed by atoms with E-state index in [4.69, 9.17) is 0 Å². The van der Waals surface area contributed by atoms with E-state index in [0.717, 1.165) is 19.4 Å². The van der Waals surface area contributed by atoms with Gasteiger partial charge in [0, 0.05) is 13.1 Å². The van der Waals surface area contributed by atoms with E-state index in [1.807, 2.05) is 0 Å². The van der Waals surface area contributed by atoms with Gasteiger partial charge in [-0.15, -0.1) is 0 Å². The molecule has 0 spiro atoms. The summed E-state index contributed by atoms with van der Waals surface area (Å²) in [6.45, 7) is 3.62. The molecule has 1 amide bonds. The number of aliphatic hydroxyl groups is 1. The van der Waals surface area contributed by atoms with Gasteiger partial charge in [0.2, 0.25) is 5.91 Å². The Morgan fingerprint density at radius 1 is 1.71 bits per heavy atom. The molecule has 1 unspecified atom stereocenters. The van der Waals surface area contributed by atoms with E-state index in [2.05, 4.69) is 10.6 Å². The number of amides is 1. The van der Waals surface area contributed by atoms with Crippen LogP contribution in [0.4, 0.5) is 0 Å². The summed E-state index contributed by atoms with van der Waals surface area (Å²) in [7, 11) is 0. The lowest BCUT2D eigenvalue weighted by Gasteiger charge is -2.32. The first kappa shape index (κ1) is 11.2. The molecule has 0 aromatic rings. The second kappa shape index (κ2) is 5.12. The third-order valence-corrected chi connectivity index (χ3v) is 2.36. The minimum absolute atomic E-state index is 0.147. The Morgan fingerprint density at radius 3 is 3.07 bits per heavy atom. The highest BCUT2D eigenvalue weighted by Crippen LogP contribution is 2.14. The van der Waals surface area contributed by atoms with E-state index in [9.17, 15) is 9.90 Å². The smallest absolute Gasteiger partial charge is 0.243 e. The number of rotatable bonds is 3. The molecule has 80 valence electrons. The predicted molar refractivity (Wildman–Crippen MR) is 54.9 cm³/mol. The molecule has 0 saturated carbocycles. The van der Waals surface area contributed by atoms with Crippen LogP contribution in [-0.2, 0) is 4.79 Å². The summed E-state index contributed by atoms with van der Waals surface area (Å²) in [6, 6.07) is 0. The van der Waals surface area contributed by atoms with Crippen LogP contribution in [0, 0.1) is 0 Å². The molecular weight excluding hydrogens is 180 g/mol. The van der Waals surface area contributed by atoms with Crippen LogP contribution in [0.1, 0.15) is 19.8 Å². The van der Waals surface area contributed by atoms with Crippen LogP contribution in [-0.4, -0.2) is 36.2 Å². The van der Waals surface area contributed by atoms with E-state index in [1.54, 1.807) is 13.0 Å². The van der Waals surface area contributed by atoms with Crippen molar-refractivity contribution >= 4 is 5.91 Å². The first-order valence-corrected chi connectivity index (χ1v) is 5.00. The van der Waals surface area contributed by atoms with E-state index >= 15 is 0 Å². The average Bonchev–Trinajstić information content (AvgIpc) is 2.17. The molecule has 0 aromatic heterocycles. The largest absolute Gasteiger partial charge is 0.387 e. The fourth-order valence-corrected chi connectivity index (χ4v) is 1.56. The van der Waals surface area contributed by atoms with E-state index in [1.165, 1.54) is 6.08 Å². The predicted octanol–water partition coefficient (Wildman–Crippen LogP) is -0.207. The Labute approximate surface area is 84.4 Å². The van der Waals surface area contributed by atoms with E-state index in [0.29, 0.717) is 13.1 Å². The number of piperidine rings is 1. The monoisotopic (exact) mass is 198 g/mol. The van der Waals surface area contributed by atoms with Gasteiger partial charge in [0.1, 0.15) is 0 Å². The number of nitrogens with one attached hydrogen (secondary N) is 2. The maximum atomic E-state index is 11.1. The summed E-state index contributed by atoms with van der Waals surface area (Å²) in [6.07, 6.45) is 4.84. The molecule has 0 aliphatic carbocycles. The normalized spacial score (nSPS) is 27.9. The average molecular weight is 198 g/mol. The molecule has 1 aliphatic rings. The van der Waals surface area contributed by atoms with Crippen molar-refractivity contribution in [3.63, 3.8) is 0 Å². The molecule has 1 rings (SSSR count). The lowest BCUT2D eigenvalue weighted by Crippen LogP contribution is -2.52. The molecule has 0 bridgehead atoms. The van der Waals surface area contributed by atoms with Crippen LogP contribution in [0.5, 0.6) is 0 Å². The van der Waals surface area contributed by atoms with Gasteiger partial charge >= 0.3 is 0 Å². The molecule has 4 heteroatoms. The fraction of sp³-hybridized carbons (Fsp3) is 0.700. The number of β-amino-alcohol motifs (C(OH)–C–C–N with tert-alkyl or cyclic N) is 1. The fourth-order valence-electron chi connectivity index (χ4n) is 1.56. The van der Waals surface area contributed by atoms with Gasteiger partial charge in [-0.05, 0) is 32.4 Å². The maximum Gasteiger partial charge on any atom is 0.243 e. The zero-order valence-electron chi connectivity index (χ0n) is 8.55. The molecule has 0 radical (unpaired) electrons. The molecule has 1 saturated heterocycles. The Hall–Kier alpha value is -0.870. The summed E-state index contributed by atoms with van der Waals surface area (Å²) in [5.74, 6) is -0.147. The van der Waals surface area contributed by atoms with Crippen molar-refractivity contribution < 1.29 is 9.90 Å². The Morgan fingerprint density at radius 2 is 2.50 bits per heavy atom. The number of hydrogen-bond acceptors (Lipinski definition) is 3. The van der Waals surface area contributed by atoms with Crippen LogP contribution in [0.3, 0.4) is 0 Å². The third-order valence-electron chi connectivity index (χ3n) is 2.36. The highest BCUT2D eigenvalue weighted by atomic mass is 16.3. The first-order valence-electron chi connectivity index (χ1n) is 5.00. The standard InChI is InChI=1S/C10H18N2O2/c1-2-4-9(13)12-8-10(14)5-3-6-11-7-10/h2,4,11,14H,3,5-8H2,1H3,(H,12,13)/b4-2+. The number of allylic oxidation sites excluding steroid dienone is 1. The number of hydrogen-bond donors (Lipinski definition) is 3. The van der Waals surface area contributed by atoms with Gasteiger partial charge in [0.05, 0.1) is 5.60 Å². The zero-order valence-corrected chi connectivity index (χ0v) is 8.55. The molecule has 0 aromatic carbocycles. The first-order chi connectivity index (χ1) is 6.66. The lowest BCUT2D eigenvalue weighted by atomic mass is 9.94. The Kier molecular flexibility index (Phi) is 4.10. The van der Waals surface area contributed by atoms with Gasteiger partial charge in [-0.25, -0.2) is 0 Å². The Bertz CT molecular complexity index is 220. The van der Waals surface area contributed by atoms with Crippen molar-refractivity contribution in [2.75, 3.05) is 19.6 Å². The van der Waals surface area contributed by atoms with Crippen LogP contribution in [0.25, 0.3) is 0 Å². The molecular formula is C10H18N2O2. The lowest BCUT2D eigenvalue weighted by molar-refractivity contribution is -0.117. The molecule has 1 fully saturated rings.